The molecule has 0 aliphatic heterocycles. The van der Waals surface area contributed by atoms with Crippen molar-refractivity contribution in [1.82, 2.24) is 5.32 Å². The van der Waals surface area contributed by atoms with E-state index in [1.165, 1.54) is 17.5 Å². The van der Waals surface area contributed by atoms with Crippen LogP contribution in [0, 0.1) is 5.41 Å². The summed E-state index contributed by atoms with van der Waals surface area (Å²) in [5.74, 6) is 0. The van der Waals surface area contributed by atoms with Gasteiger partial charge in [0.05, 0.1) is 0 Å². The van der Waals surface area contributed by atoms with Crippen LogP contribution in [0.4, 0.5) is 0 Å². The van der Waals surface area contributed by atoms with E-state index < -0.39 is 0 Å². The van der Waals surface area contributed by atoms with Crippen molar-refractivity contribution in [2.75, 3.05) is 0 Å². The Bertz CT molecular complexity index is 327. The maximum atomic E-state index is 5.55. The molecule has 2 heteroatoms. The third-order valence-corrected chi connectivity index (χ3v) is 3.32. The minimum atomic E-state index is 0.511. The van der Waals surface area contributed by atoms with Crippen molar-refractivity contribution >= 4 is 0 Å². The van der Waals surface area contributed by atoms with Crippen LogP contribution in [0.3, 0.4) is 0 Å². The predicted molar refractivity (Wildman–Crippen MR) is 63.4 cm³/mol. The van der Waals surface area contributed by atoms with E-state index in [1.54, 1.807) is 0 Å². The molecule has 0 aromatic heterocycles. The van der Waals surface area contributed by atoms with E-state index in [4.69, 9.17) is 5.73 Å². The first-order valence-electron chi connectivity index (χ1n) is 5.63. The summed E-state index contributed by atoms with van der Waals surface area (Å²) in [5.41, 5.74) is 8.61. The fourth-order valence-electron chi connectivity index (χ4n) is 1.85. The van der Waals surface area contributed by atoms with Gasteiger partial charge in [-0.05, 0) is 23.0 Å². The molecule has 1 aliphatic rings. The molecular formula is C13H20N2. The quantitative estimate of drug-likeness (QED) is 0.787. The highest BCUT2D eigenvalue weighted by Crippen LogP contribution is 2.44. The van der Waals surface area contributed by atoms with E-state index >= 15 is 0 Å². The van der Waals surface area contributed by atoms with Crippen LogP contribution in [-0.2, 0) is 13.1 Å². The van der Waals surface area contributed by atoms with Crippen LogP contribution < -0.4 is 11.1 Å². The van der Waals surface area contributed by atoms with E-state index in [0.29, 0.717) is 18.0 Å². The topological polar surface area (TPSA) is 38.0 Å². The first-order valence-corrected chi connectivity index (χ1v) is 5.63. The molecule has 1 aromatic rings. The predicted octanol–water partition coefficient (Wildman–Crippen LogP) is 2.03. The lowest BCUT2D eigenvalue weighted by molar-refractivity contribution is 0.542. The average Bonchev–Trinajstić information content (AvgIpc) is 2.84. The fraction of sp³-hybridized carbons (Fsp3) is 0.538. The lowest BCUT2D eigenvalue weighted by Crippen LogP contribution is -2.19. The SMILES string of the molecule is CC1(C)CC1NCc1ccc(CN)cc1. The Morgan fingerprint density at radius 2 is 1.80 bits per heavy atom. The third kappa shape index (κ3) is 2.58. The Morgan fingerprint density at radius 1 is 1.27 bits per heavy atom. The second-order valence-corrected chi connectivity index (χ2v) is 5.15. The molecule has 0 radical (unpaired) electrons. The third-order valence-electron chi connectivity index (χ3n) is 3.32. The van der Waals surface area contributed by atoms with Gasteiger partial charge in [-0.25, -0.2) is 0 Å². The molecule has 1 atom stereocenters. The molecule has 2 rings (SSSR count). The Hall–Kier alpha value is -0.860. The molecule has 15 heavy (non-hydrogen) atoms. The van der Waals surface area contributed by atoms with Crippen molar-refractivity contribution in [3.63, 3.8) is 0 Å². The highest BCUT2D eigenvalue weighted by Gasteiger charge is 2.44. The molecule has 0 heterocycles. The highest BCUT2D eigenvalue weighted by molar-refractivity contribution is 5.22. The second kappa shape index (κ2) is 3.95. The van der Waals surface area contributed by atoms with Gasteiger partial charge in [-0.1, -0.05) is 38.1 Å². The van der Waals surface area contributed by atoms with Crippen LogP contribution in [-0.4, -0.2) is 6.04 Å². The zero-order valence-corrected chi connectivity index (χ0v) is 9.59. The summed E-state index contributed by atoms with van der Waals surface area (Å²) in [6.07, 6.45) is 1.30. The van der Waals surface area contributed by atoms with Crippen LogP contribution in [0.1, 0.15) is 31.4 Å². The highest BCUT2D eigenvalue weighted by atomic mass is 15.0. The minimum Gasteiger partial charge on any atom is -0.326 e. The number of rotatable bonds is 4. The van der Waals surface area contributed by atoms with Crippen LogP contribution in [0.5, 0.6) is 0 Å². The molecule has 1 aromatic carbocycles. The van der Waals surface area contributed by atoms with Crippen LogP contribution >= 0.6 is 0 Å². The Morgan fingerprint density at radius 3 is 2.27 bits per heavy atom. The zero-order chi connectivity index (χ0) is 10.9. The monoisotopic (exact) mass is 204 g/mol. The first kappa shape index (κ1) is 10.7. The van der Waals surface area contributed by atoms with Gasteiger partial charge < -0.3 is 11.1 Å². The second-order valence-electron chi connectivity index (χ2n) is 5.15. The molecule has 0 saturated heterocycles. The van der Waals surface area contributed by atoms with Crippen molar-refractivity contribution in [2.45, 2.75) is 39.4 Å². The van der Waals surface area contributed by atoms with Crippen LogP contribution in [0.15, 0.2) is 24.3 Å². The Kier molecular flexibility index (Phi) is 2.81. The molecule has 1 saturated carbocycles. The largest absolute Gasteiger partial charge is 0.326 e. The van der Waals surface area contributed by atoms with Gasteiger partial charge in [-0.2, -0.15) is 0 Å². The van der Waals surface area contributed by atoms with Crippen molar-refractivity contribution in [2.24, 2.45) is 11.1 Å². The summed E-state index contributed by atoms with van der Waals surface area (Å²) in [6.45, 7) is 6.21. The zero-order valence-electron chi connectivity index (χ0n) is 9.59. The molecular weight excluding hydrogens is 184 g/mol. The maximum Gasteiger partial charge on any atom is 0.0208 e. The number of nitrogens with one attached hydrogen (secondary N) is 1. The first-order chi connectivity index (χ1) is 7.12. The van der Waals surface area contributed by atoms with Gasteiger partial charge in [0.25, 0.3) is 0 Å². The standard InChI is InChI=1S/C13H20N2/c1-13(2)7-12(13)15-9-11-5-3-10(8-14)4-6-11/h3-6,12,15H,7-9,14H2,1-2H3. The maximum absolute atomic E-state index is 5.55. The summed E-state index contributed by atoms with van der Waals surface area (Å²) in [7, 11) is 0. The van der Waals surface area contributed by atoms with E-state index in [2.05, 4.69) is 43.4 Å². The van der Waals surface area contributed by atoms with Gasteiger partial charge in [0.1, 0.15) is 0 Å². The van der Waals surface area contributed by atoms with E-state index in [9.17, 15) is 0 Å². The van der Waals surface area contributed by atoms with Gasteiger partial charge in [-0.15, -0.1) is 0 Å². The molecule has 1 aliphatic carbocycles. The van der Waals surface area contributed by atoms with E-state index in [0.717, 1.165) is 6.54 Å². The van der Waals surface area contributed by atoms with Crippen molar-refractivity contribution < 1.29 is 0 Å². The summed E-state index contributed by atoms with van der Waals surface area (Å²) >= 11 is 0. The van der Waals surface area contributed by atoms with Crippen molar-refractivity contribution in [3.05, 3.63) is 35.4 Å². The lowest BCUT2D eigenvalue weighted by Gasteiger charge is -2.07. The minimum absolute atomic E-state index is 0.511. The average molecular weight is 204 g/mol. The van der Waals surface area contributed by atoms with Gasteiger partial charge >= 0.3 is 0 Å². The normalized spacial score (nSPS) is 22.7. The number of benzene rings is 1. The van der Waals surface area contributed by atoms with E-state index in [-0.39, 0.29) is 0 Å². The number of hydrogen-bond acceptors (Lipinski definition) is 2. The number of nitrogens with two attached hydrogens (primary N) is 1. The lowest BCUT2D eigenvalue weighted by atomic mass is 10.1. The van der Waals surface area contributed by atoms with Crippen molar-refractivity contribution in [3.8, 4) is 0 Å². The van der Waals surface area contributed by atoms with Gasteiger partial charge in [0.15, 0.2) is 0 Å². The Balaban J connectivity index is 1.84. The molecule has 82 valence electrons. The van der Waals surface area contributed by atoms with Gasteiger partial charge in [0, 0.05) is 19.1 Å². The molecule has 3 N–H and O–H groups in total. The molecule has 2 nitrogen and oxygen atoms in total. The summed E-state index contributed by atoms with van der Waals surface area (Å²) < 4.78 is 0. The summed E-state index contributed by atoms with van der Waals surface area (Å²) in [5, 5.41) is 3.57. The van der Waals surface area contributed by atoms with E-state index in [1.807, 2.05) is 0 Å². The van der Waals surface area contributed by atoms with Gasteiger partial charge in [0.2, 0.25) is 0 Å². The summed E-state index contributed by atoms with van der Waals surface area (Å²) in [4.78, 5) is 0. The summed E-state index contributed by atoms with van der Waals surface area (Å²) in [6, 6.07) is 9.23. The van der Waals surface area contributed by atoms with Crippen LogP contribution in [0.25, 0.3) is 0 Å². The van der Waals surface area contributed by atoms with Crippen molar-refractivity contribution in [1.29, 1.82) is 0 Å². The smallest absolute Gasteiger partial charge is 0.0208 e. The number of hydrogen-bond donors (Lipinski definition) is 2. The Labute approximate surface area is 91.9 Å². The molecule has 0 spiro atoms. The van der Waals surface area contributed by atoms with Gasteiger partial charge in [-0.3, -0.25) is 0 Å². The fourth-order valence-corrected chi connectivity index (χ4v) is 1.85. The van der Waals surface area contributed by atoms with Crippen LogP contribution in [0.2, 0.25) is 0 Å². The molecule has 1 unspecified atom stereocenters. The molecule has 0 bridgehead atoms. The molecule has 1 fully saturated rings. The molecule has 0 amide bonds.